The summed E-state index contributed by atoms with van der Waals surface area (Å²) in [6.45, 7) is -0.0711. The number of aliphatic hydroxyl groups excluding tert-OH is 1. The molecule has 0 bridgehead atoms. The second kappa shape index (κ2) is 9.17. The zero-order valence-electron chi connectivity index (χ0n) is 15.2. The van der Waals surface area contributed by atoms with Gasteiger partial charge in [0.15, 0.2) is 0 Å². The van der Waals surface area contributed by atoms with Crippen LogP contribution in [0.5, 0.6) is 0 Å². The summed E-state index contributed by atoms with van der Waals surface area (Å²) in [6.07, 6.45) is 2.25. The van der Waals surface area contributed by atoms with E-state index in [1.165, 1.54) is 17.7 Å². The van der Waals surface area contributed by atoms with Crippen LogP contribution in [0.2, 0.25) is 5.02 Å². The lowest BCUT2D eigenvalue weighted by molar-refractivity contribution is -0.137. The van der Waals surface area contributed by atoms with Crippen LogP contribution in [0, 0.1) is 11.7 Å². The van der Waals surface area contributed by atoms with Crippen LogP contribution < -0.4 is 10.6 Å². The fourth-order valence-corrected chi connectivity index (χ4v) is 3.80. The molecule has 2 amide bonds. The first-order chi connectivity index (χ1) is 13.5. The molecule has 1 aliphatic carbocycles. The number of carbonyl (C=O) groups excluding carboxylic acids is 2. The lowest BCUT2D eigenvalue weighted by atomic mass is 9.75. The number of carbonyl (C=O) groups is 2. The quantitative estimate of drug-likeness (QED) is 0.683. The van der Waals surface area contributed by atoms with Crippen LogP contribution in [0.15, 0.2) is 48.5 Å². The monoisotopic (exact) mass is 404 g/mol. The SMILES string of the molecule is O=C(Nc1ccc(Cl)c(F)c1)C(=O)NC1CCC(c2ccccc2)CC1CO. The average Bonchev–Trinajstić information content (AvgIpc) is 2.71. The highest BCUT2D eigenvalue weighted by molar-refractivity contribution is 6.39. The normalized spacial score (nSPS) is 21.8. The Morgan fingerprint density at radius 3 is 2.54 bits per heavy atom. The topological polar surface area (TPSA) is 78.4 Å². The molecular weight excluding hydrogens is 383 g/mol. The molecule has 0 spiro atoms. The van der Waals surface area contributed by atoms with E-state index in [-0.39, 0.29) is 29.3 Å². The van der Waals surface area contributed by atoms with E-state index in [0.717, 1.165) is 18.9 Å². The van der Waals surface area contributed by atoms with Crippen molar-refractivity contribution < 1.29 is 19.1 Å². The van der Waals surface area contributed by atoms with E-state index in [1.54, 1.807) is 0 Å². The maximum absolute atomic E-state index is 13.5. The number of rotatable bonds is 4. The molecule has 7 heteroatoms. The molecule has 0 aliphatic heterocycles. The molecule has 2 aromatic rings. The molecule has 0 saturated heterocycles. The van der Waals surface area contributed by atoms with E-state index in [1.807, 2.05) is 18.2 Å². The predicted octanol–water partition coefficient (Wildman–Crippen LogP) is 3.48. The molecule has 0 heterocycles. The van der Waals surface area contributed by atoms with Gasteiger partial charge in [0.2, 0.25) is 0 Å². The van der Waals surface area contributed by atoms with Gasteiger partial charge in [0, 0.05) is 24.3 Å². The summed E-state index contributed by atoms with van der Waals surface area (Å²) in [5.74, 6) is -2.19. The van der Waals surface area contributed by atoms with Crippen molar-refractivity contribution in [3.05, 3.63) is 64.9 Å². The van der Waals surface area contributed by atoms with Gasteiger partial charge in [0.25, 0.3) is 0 Å². The minimum absolute atomic E-state index is 0.0663. The molecule has 1 fully saturated rings. The first-order valence-corrected chi connectivity index (χ1v) is 9.58. The molecule has 3 unspecified atom stereocenters. The van der Waals surface area contributed by atoms with Crippen LogP contribution in [-0.4, -0.2) is 29.6 Å². The average molecular weight is 405 g/mol. The number of anilines is 1. The van der Waals surface area contributed by atoms with Crippen molar-refractivity contribution in [2.45, 2.75) is 31.2 Å². The zero-order chi connectivity index (χ0) is 20.1. The lowest BCUT2D eigenvalue weighted by Gasteiger charge is -2.35. The van der Waals surface area contributed by atoms with Crippen molar-refractivity contribution in [2.75, 3.05) is 11.9 Å². The van der Waals surface area contributed by atoms with Crippen LogP contribution in [0.25, 0.3) is 0 Å². The number of benzene rings is 2. The third-order valence-electron chi connectivity index (χ3n) is 5.19. The second-order valence-corrected chi connectivity index (χ2v) is 7.43. The minimum Gasteiger partial charge on any atom is -0.396 e. The Balaban J connectivity index is 1.58. The van der Waals surface area contributed by atoms with Gasteiger partial charge in [0.05, 0.1) is 5.02 Å². The van der Waals surface area contributed by atoms with Crippen molar-refractivity contribution in [3.63, 3.8) is 0 Å². The number of hydrogen-bond acceptors (Lipinski definition) is 3. The summed E-state index contributed by atoms with van der Waals surface area (Å²) < 4.78 is 13.5. The van der Waals surface area contributed by atoms with Gasteiger partial charge in [-0.25, -0.2) is 4.39 Å². The van der Waals surface area contributed by atoms with Crippen molar-refractivity contribution in [2.24, 2.45) is 5.92 Å². The van der Waals surface area contributed by atoms with Gasteiger partial charge < -0.3 is 15.7 Å². The number of amides is 2. The van der Waals surface area contributed by atoms with Gasteiger partial charge in [0.1, 0.15) is 5.82 Å². The molecular formula is C21H22ClFN2O3. The largest absolute Gasteiger partial charge is 0.396 e. The highest BCUT2D eigenvalue weighted by atomic mass is 35.5. The summed E-state index contributed by atoms with van der Waals surface area (Å²) in [5, 5.41) is 14.8. The fraction of sp³-hybridized carbons (Fsp3) is 0.333. The second-order valence-electron chi connectivity index (χ2n) is 7.03. The van der Waals surface area contributed by atoms with E-state index < -0.39 is 17.6 Å². The molecule has 0 aromatic heterocycles. The number of halogens is 2. The minimum atomic E-state index is -0.886. The molecule has 1 saturated carbocycles. The third kappa shape index (κ3) is 4.88. The predicted molar refractivity (Wildman–Crippen MR) is 106 cm³/mol. The Kier molecular flexibility index (Phi) is 6.65. The summed E-state index contributed by atoms with van der Waals surface area (Å²) in [4.78, 5) is 24.4. The maximum Gasteiger partial charge on any atom is 0.313 e. The molecule has 148 valence electrons. The van der Waals surface area contributed by atoms with Gasteiger partial charge in [-0.3, -0.25) is 9.59 Å². The van der Waals surface area contributed by atoms with E-state index in [4.69, 9.17) is 11.6 Å². The highest BCUT2D eigenvalue weighted by Crippen LogP contribution is 2.36. The first kappa shape index (κ1) is 20.3. The Bertz CT molecular complexity index is 847. The van der Waals surface area contributed by atoms with E-state index >= 15 is 0 Å². The fourth-order valence-electron chi connectivity index (χ4n) is 3.68. The van der Waals surface area contributed by atoms with E-state index in [2.05, 4.69) is 22.8 Å². The molecule has 5 nitrogen and oxygen atoms in total. The standard InChI is InChI=1S/C21H22ClFN2O3/c22-17-8-7-16(11-18(17)23)24-20(27)21(28)25-19-9-6-14(10-15(19)12-26)13-4-2-1-3-5-13/h1-5,7-8,11,14-15,19,26H,6,9-10,12H2,(H,24,27)(H,25,28). The highest BCUT2D eigenvalue weighted by Gasteiger charge is 2.32. The van der Waals surface area contributed by atoms with Gasteiger partial charge in [-0.05, 0) is 48.9 Å². The van der Waals surface area contributed by atoms with Crippen molar-refractivity contribution in [3.8, 4) is 0 Å². The number of hydrogen-bond donors (Lipinski definition) is 3. The Morgan fingerprint density at radius 1 is 1.11 bits per heavy atom. The zero-order valence-corrected chi connectivity index (χ0v) is 16.0. The molecule has 28 heavy (non-hydrogen) atoms. The smallest absolute Gasteiger partial charge is 0.313 e. The van der Waals surface area contributed by atoms with Crippen molar-refractivity contribution in [1.82, 2.24) is 5.32 Å². The molecule has 3 rings (SSSR count). The molecule has 0 radical (unpaired) electrons. The first-order valence-electron chi connectivity index (χ1n) is 9.20. The third-order valence-corrected chi connectivity index (χ3v) is 5.49. The number of nitrogens with one attached hydrogen (secondary N) is 2. The van der Waals surface area contributed by atoms with E-state index in [0.29, 0.717) is 12.3 Å². The lowest BCUT2D eigenvalue weighted by Crippen LogP contribution is -2.48. The maximum atomic E-state index is 13.5. The Labute approximate surface area is 167 Å². The van der Waals surface area contributed by atoms with E-state index in [9.17, 15) is 19.1 Å². The van der Waals surface area contributed by atoms with Crippen LogP contribution in [0.3, 0.4) is 0 Å². The van der Waals surface area contributed by atoms with Gasteiger partial charge in [-0.2, -0.15) is 0 Å². The summed E-state index contributed by atoms with van der Waals surface area (Å²) in [6, 6.07) is 13.6. The summed E-state index contributed by atoms with van der Waals surface area (Å²) in [5.41, 5.74) is 1.36. The molecule has 3 atom stereocenters. The van der Waals surface area contributed by atoms with Crippen molar-refractivity contribution in [1.29, 1.82) is 0 Å². The van der Waals surface area contributed by atoms with Crippen LogP contribution in [-0.2, 0) is 9.59 Å². The van der Waals surface area contributed by atoms with Gasteiger partial charge in [-0.15, -0.1) is 0 Å². The van der Waals surface area contributed by atoms with Gasteiger partial charge in [-0.1, -0.05) is 41.9 Å². The Hall–Kier alpha value is -2.44. The van der Waals surface area contributed by atoms with Crippen LogP contribution in [0.4, 0.5) is 10.1 Å². The summed E-state index contributed by atoms with van der Waals surface area (Å²) in [7, 11) is 0. The Morgan fingerprint density at radius 2 is 1.86 bits per heavy atom. The van der Waals surface area contributed by atoms with Gasteiger partial charge >= 0.3 is 11.8 Å². The molecule has 2 aromatic carbocycles. The number of aliphatic hydroxyl groups is 1. The molecule has 3 N–H and O–H groups in total. The molecule has 1 aliphatic rings. The van der Waals surface area contributed by atoms with Crippen LogP contribution in [0.1, 0.15) is 30.7 Å². The van der Waals surface area contributed by atoms with Crippen molar-refractivity contribution >= 4 is 29.1 Å². The summed E-state index contributed by atoms with van der Waals surface area (Å²) >= 11 is 5.61. The van der Waals surface area contributed by atoms with Crippen LogP contribution >= 0.6 is 11.6 Å².